The van der Waals surface area contributed by atoms with Gasteiger partial charge >= 0.3 is 0 Å². The fraction of sp³-hybridized carbons (Fsp3) is 0.500. The Hall–Kier alpha value is -0.520. The fourth-order valence-corrected chi connectivity index (χ4v) is 3.43. The minimum absolute atomic E-state index is 0.123. The van der Waals surface area contributed by atoms with Crippen LogP contribution in [0.15, 0.2) is 27.6 Å². The number of hydrogen-bond donors (Lipinski definition) is 3. The Kier molecular flexibility index (Phi) is 4.92. The second-order valence-corrected chi connectivity index (χ2v) is 6.61. The molecule has 1 amide bonds. The Bertz CT molecular complexity index is 473. The second kappa shape index (κ2) is 6.29. The first kappa shape index (κ1) is 14.9. The van der Waals surface area contributed by atoms with Crippen molar-refractivity contribution in [2.24, 2.45) is 5.41 Å². The summed E-state index contributed by atoms with van der Waals surface area (Å²) < 4.78 is 0.900. The number of aliphatic hydroxyl groups excluding tert-OH is 1. The SMILES string of the molecule is O=C(NCC1(CO)CCCC1)c1ccc(Br)cc1S. The maximum Gasteiger partial charge on any atom is 0.252 e. The predicted molar refractivity (Wildman–Crippen MR) is 81.7 cm³/mol. The number of nitrogens with one attached hydrogen (secondary N) is 1. The zero-order valence-electron chi connectivity index (χ0n) is 10.7. The van der Waals surface area contributed by atoms with Crippen molar-refractivity contribution in [2.45, 2.75) is 30.6 Å². The van der Waals surface area contributed by atoms with Gasteiger partial charge in [-0.1, -0.05) is 28.8 Å². The van der Waals surface area contributed by atoms with Crippen LogP contribution in [0.1, 0.15) is 36.0 Å². The van der Waals surface area contributed by atoms with Crippen LogP contribution in [0.3, 0.4) is 0 Å². The minimum atomic E-state index is -0.128. The highest BCUT2D eigenvalue weighted by molar-refractivity contribution is 9.10. The van der Waals surface area contributed by atoms with Crippen LogP contribution in [0.4, 0.5) is 0 Å². The third-order valence-corrected chi connectivity index (χ3v) is 4.69. The summed E-state index contributed by atoms with van der Waals surface area (Å²) in [7, 11) is 0. The molecule has 1 fully saturated rings. The molecule has 1 aromatic carbocycles. The molecule has 0 aliphatic heterocycles. The maximum absolute atomic E-state index is 12.1. The second-order valence-electron chi connectivity index (χ2n) is 5.21. The lowest BCUT2D eigenvalue weighted by Gasteiger charge is -2.26. The Morgan fingerprint density at radius 2 is 2.11 bits per heavy atom. The average molecular weight is 344 g/mol. The van der Waals surface area contributed by atoms with Gasteiger partial charge in [0, 0.05) is 21.3 Å². The molecule has 3 nitrogen and oxygen atoms in total. The molecule has 0 spiro atoms. The van der Waals surface area contributed by atoms with Gasteiger partial charge in [-0.2, -0.15) is 0 Å². The largest absolute Gasteiger partial charge is 0.396 e. The van der Waals surface area contributed by atoms with E-state index in [1.54, 1.807) is 12.1 Å². The molecule has 1 aliphatic rings. The molecular weight excluding hydrogens is 326 g/mol. The van der Waals surface area contributed by atoms with E-state index in [-0.39, 0.29) is 17.9 Å². The number of carbonyl (C=O) groups is 1. The van der Waals surface area contributed by atoms with Crippen molar-refractivity contribution in [1.29, 1.82) is 0 Å². The zero-order chi connectivity index (χ0) is 13.9. The Morgan fingerprint density at radius 3 is 2.68 bits per heavy atom. The normalized spacial score (nSPS) is 17.4. The fourth-order valence-electron chi connectivity index (χ4n) is 2.58. The summed E-state index contributed by atoms with van der Waals surface area (Å²) in [5, 5.41) is 12.4. The molecule has 5 heteroatoms. The van der Waals surface area contributed by atoms with Crippen molar-refractivity contribution in [3.05, 3.63) is 28.2 Å². The molecule has 1 saturated carbocycles. The molecule has 0 unspecified atom stereocenters. The van der Waals surface area contributed by atoms with E-state index in [0.29, 0.717) is 17.0 Å². The van der Waals surface area contributed by atoms with Crippen molar-refractivity contribution in [2.75, 3.05) is 13.2 Å². The average Bonchev–Trinajstić information content (AvgIpc) is 2.85. The van der Waals surface area contributed by atoms with Crippen LogP contribution in [-0.4, -0.2) is 24.2 Å². The molecule has 2 N–H and O–H groups in total. The summed E-state index contributed by atoms with van der Waals surface area (Å²) in [5.74, 6) is -0.128. The number of carbonyl (C=O) groups excluding carboxylic acids is 1. The van der Waals surface area contributed by atoms with E-state index in [9.17, 15) is 9.90 Å². The van der Waals surface area contributed by atoms with Gasteiger partial charge in [-0.15, -0.1) is 12.6 Å². The molecular formula is C14H18BrNO2S. The molecule has 1 aromatic rings. The smallest absolute Gasteiger partial charge is 0.252 e. The van der Waals surface area contributed by atoms with Crippen LogP contribution in [0, 0.1) is 5.41 Å². The molecule has 0 aromatic heterocycles. The standard InChI is InChI=1S/C14H18BrNO2S/c15-10-3-4-11(12(19)7-10)13(18)16-8-14(9-17)5-1-2-6-14/h3-4,7,17,19H,1-2,5-6,8-9H2,(H,16,18). The van der Waals surface area contributed by atoms with E-state index < -0.39 is 0 Å². The molecule has 0 atom stereocenters. The van der Waals surface area contributed by atoms with Gasteiger partial charge in [0.1, 0.15) is 0 Å². The van der Waals surface area contributed by atoms with Crippen molar-refractivity contribution in [3.8, 4) is 0 Å². The third-order valence-electron chi connectivity index (χ3n) is 3.83. The molecule has 0 saturated heterocycles. The van der Waals surface area contributed by atoms with Gasteiger partial charge in [-0.05, 0) is 31.0 Å². The molecule has 0 heterocycles. The van der Waals surface area contributed by atoms with Crippen molar-refractivity contribution in [1.82, 2.24) is 5.32 Å². The number of halogens is 1. The van der Waals surface area contributed by atoms with E-state index in [1.165, 1.54) is 0 Å². The van der Waals surface area contributed by atoms with Crippen molar-refractivity contribution in [3.63, 3.8) is 0 Å². The maximum atomic E-state index is 12.1. The minimum Gasteiger partial charge on any atom is -0.396 e. The van der Waals surface area contributed by atoms with Gasteiger partial charge in [0.05, 0.1) is 12.2 Å². The third kappa shape index (κ3) is 3.52. The number of hydrogen-bond acceptors (Lipinski definition) is 3. The number of aliphatic hydroxyl groups is 1. The van der Waals surface area contributed by atoms with Gasteiger partial charge in [-0.25, -0.2) is 0 Å². The molecule has 0 radical (unpaired) electrons. The lowest BCUT2D eigenvalue weighted by molar-refractivity contribution is 0.0878. The van der Waals surface area contributed by atoms with Crippen LogP contribution < -0.4 is 5.32 Å². The van der Waals surface area contributed by atoms with Gasteiger partial charge in [0.15, 0.2) is 0 Å². The van der Waals surface area contributed by atoms with Gasteiger partial charge in [0.2, 0.25) is 0 Å². The Balaban J connectivity index is 2.01. The van der Waals surface area contributed by atoms with Gasteiger partial charge < -0.3 is 10.4 Å². The van der Waals surface area contributed by atoms with E-state index in [4.69, 9.17) is 0 Å². The summed E-state index contributed by atoms with van der Waals surface area (Å²) in [5.41, 5.74) is 0.444. The van der Waals surface area contributed by atoms with E-state index in [2.05, 4.69) is 33.9 Å². The van der Waals surface area contributed by atoms with Gasteiger partial charge in [0.25, 0.3) is 5.91 Å². The molecule has 19 heavy (non-hydrogen) atoms. The number of thiol groups is 1. The van der Waals surface area contributed by atoms with Crippen LogP contribution in [0.5, 0.6) is 0 Å². The monoisotopic (exact) mass is 343 g/mol. The summed E-state index contributed by atoms with van der Waals surface area (Å²) in [6.45, 7) is 0.674. The van der Waals surface area contributed by atoms with E-state index in [1.807, 2.05) is 6.07 Å². The summed E-state index contributed by atoms with van der Waals surface area (Å²) >= 11 is 7.66. The topological polar surface area (TPSA) is 49.3 Å². The van der Waals surface area contributed by atoms with Crippen LogP contribution in [0.2, 0.25) is 0 Å². The van der Waals surface area contributed by atoms with Crippen LogP contribution in [0.25, 0.3) is 0 Å². The highest BCUT2D eigenvalue weighted by Gasteiger charge is 2.33. The highest BCUT2D eigenvalue weighted by Crippen LogP contribution is 2.37. The highest BCUT2D eigenvalue weighted by atomic mass is 79.9. The van der Waals surface area contributed by atoms with Gasteiger partial charge in [-0.3, -0.25) is 4.79 Å². The summed E-state index contributed by atoms with van der Waals surface area (Å²) in [6.07, 6.45) is 4.23. The molecule has 2 rings (SSSR count). The molecule has 0 bridgehead atoms. The number of benzene rings is 1. The van der Waals surface area contributed by atoms with Crippen LogP contribution in [-0.2, 0) is 0 Å². The summed E-state index contributed by atoms with van der Waals surface area (Å²) in [6, 6.07) is 5.38. The predicted octanol–water partition coefficient (Wildman–Crippen LogP) is 3.02. The number of amides is 1. The van der Waals surface area contributed by atoms with E-state index >= 15 is 0 Å². The van der Waals surface area contributed by atoms with Crippen molar-refractivity contribution >= 4 is 34.5 Å². The zero-order valence-corrected chi connectivity index (χ0v) is 13.1. The lowest BCUT2D eigenvalue weighted by atomic mass is 9.87. The Labute approximate surface area is 127 Å². The number of rotatable bonds is 4. The molecule has 1 aliphatic carbocycles. The first-order valence-corrected chi connectivity index (χ1v) is 7.68. The quantitative estimate of drug-likeness (QED) is 0.736. The lowest BCUT2D eigenvalue weighted by Crippen LogP contribution is -2.38. The summed E-state index contributed by atoms with van der Waals surface area (Å²) in [4.78, 5) is 12.8. The first-order chi connectivity index (χ1) is 9.06. The molecule has 104 valence electrons. The Morgan fingerprint density at radius 1 is 1.42 bits per heavy atom. The van der Waals surface area contributed by atoms with Crippen LogP contribution >= 0.6 is 28.6 Å². The van der Waals surface area contributed by atoms with E-state index in [0.717, 1.165) is 30.2 Å². The van der Waals surface area contributed by atoms with Crippen molar-refractivity contribution < 1.29 is 9.90 Å². The first-order valence-electron chi connectivity index (χ1n) is 6.44.